The lowest BCUT2D eigenvalue weighted by Crippen LogP contribution is -2.25. The molecule has 6 nitrogen and oxygen atoms in total. The van der Waals surface area contributed by atoms with Crippen molar-refractivity contribution in [2.45, 2.75) is 46.1 Å². The molecule has 1 aromatic heterocycles. The maximum absolute atomic E-state index is 14.9. The molecule has 0 aliphatic carbocycles. The first-order valence-corrected chi connectivity index (χ1v) is 9.81. The molecule has 0 atom stereocenters. The molecule has 0 saturated carbocycles. The van der Waals surface area contributed by atoms with E-state index in [1.165, 1.54) is 13.0 Å². The third-order valence-corrected chi connectivity index (χ3v) is 4.69. The number of carbonyl (C=O) groups is 2. The van der Waals surface area contributed by atoms with E-state index in [1.807, 2.05) is 0 Å². The van der Waals surface area contributed by atoms with Gasteiger partial charge in [0.1, 0.15) is 11.4 Å². The van der Waals surface area contributed by atoms with Crippen molar-refractivity contribution in [3.63, 3.8) is 0 Å². The van der Waals surface area contributed by atoms with Crippen LogP contribution in [0.5, 0.6) is 11.5 Å². The molecule has 0 fully saturated rings. The number of nitrogens with zero attached hydrogens (tertiary/aromatic N) is 1. The smallest absolute Gasteiger partial charge is 0.505 e. The van der Waals surface area contributed by atoms with Crippen LogP contribution in [0, 0.1) is 12.7 Å². The number of fused-ring (bicyclic) bond motifs is 1. The number of hydrogen-bond acceptors (Lipinski definition) is 5. The van der Waals surface area contributed by atoms with Crippen LogP contribution in [0.15, 0.2) is 36.4 Å². The lowest BCUT2D eigenvalue weighted by atomic mass is 10.1. The van der Waals surface area contributed by atoms with Gasteiger partial charge in [-0.1, -0.05) is 0 Å². The molecule has 1 heterocycles. The molecule has 33 heavy (non-hydrogen) atoms. The minimum Gasteiger partial charge on any atom is -0.505 e. The molecule has 0 aliphatic rings. The van der Waals surface area contributed by atoms with Gasteiger partial charge in [0.2, 0.25) is 0 Å². The van der Waals surface area contributed by atoms with E-state index >= 15 is 0 Å². The summed E-state index contributed by atoms with van der Waals surface area (Å²) in [6.45, 7) is 6.50. The highest BCUT2D eigenvalue weighted by molar-refractivity contribution is 6.05. The second-order valence-electron chi connectivity index (χ2n) is 8.33. The van der Waals surface area contributed by atoms with Gasteiger partial charge in [0.25, 0.3) is 5.91 Å². The zero-order chi connectivity index (χ0) is 24.7. The monoisotopic (exact) mass is 467 g/mol. The summed E-state index contributed by atoms with van der Waals surface area (Å²) in [6.07, 6.45) is -5.24. The van der Waals surface area contributed by atoms with Gasteiger partial charge in [-0.2, -0.15) is 0 Å². The minimum absolute atomic E-state index is 0.00169. The fourth-order valence-electron chi connectivity index (χ4n) is 3.45. The Morgan fingerprint density at radius 1 is 1.03 bits per heavy atom. The Hall–Kier alpha value is -3.56. The number of alkyl halides is 3. The summed E-state index contributed by atoms with van der Waals surface area (Å²) in [4.78, 5) is 25.6. The van der Waals surface area contributed by atoms with Crippen molar-refractivity contribution in [2.24, 2.45) is 0 Å². The highest BCUT2D eigenvalue weighted by Gasteiger charge is 2.31. The molecular formula is C23H21F4NO5. The summed E-state index contributed by atoms with van der Waals surface area (Å²) in [5, 5.41) is 9.73. The molecule has 2 aromatic carbocycles. The fraction of sp³-hybridized carbons (Fsp3) is 0.304. The van der Waals surface area contributed by atoms with Crippen molar-refractivity contribution >= 4 is 22.8 Å². The molecule has 10 heteroatoms. The summed E-state index contributed by atoms with van der Waals surface area (Å²) in [7, 11) is 0. The molecule has 0 bridgehead atoms. The zero-order valence-corrected chi connectivity index (χ0v) is 18.2. The predicted molar refractivity (Wildman–Crippen MR) is 111 cm³/mol. The van der Waals surface area contributed by atoms with Crippen LogP contribution >= 0.6 is 0 Å². The van der Waals surface area contributed by atoms with Gasteiger partial charge >= 0.3 is 12.3 Å². The topological polar surface area (TPSA) is 77.8 Å². The van der Waals surface area contributed by atoms with E-state index in [4.69, 9.17) is 4.74 Å². The average molecular weight is 467 g/mol. The average Bonchev–Trinajstić information content (AvgIpc) is 2.94. The summed E-state index contributed by atoms with van der Waals surface area (Å²) in [5.41, 5.74) is -0.331. The Morgan fingerprint density at radius 3 is 2.18 bits per heavy atom. The lowest BCUT2D eigenvalue weighted by molar-refractivity contribution is -0.274. The Kier molecular flexibility index (Phi) is 6.14. The fourth-order valence-corrected chi connectivity index (χ4v) is 3.45. The number of ether oxygens (including phenoxy) is 2. The number of phenols is 1. The van der Waals surface area contributed by atoms with E-state index in [9.17, 15) is 32.3 Å². The summed E-state index contributed by atoms with van der Waals surface area (Å²) < 4.78 is 62.3. The third kappa shape index (κ3) is 5.27. The van der Waals surface area contributed by atoms with Crippen LogP contribution in [0.2, 0.25) is 0 Å². The first kappa shape index (κ1) is 24.1. The highest BCUT2D eigenvalue weighted by atomic mass is 19.4. The number of halogens is 4. The van der Waals surface area contributed by atoms with Gasteiger partial charge < -0.3 is 14.6 Å². The lowest BCUT2D eigenvalue weighted by Gasteiger charge is -2.19. The Labute approximate surface area is 186 Å². The molecular weight excluding hydrogens is 446 g/mol. The third-order valence-electron chi connectivity index (χ3n) is 4.69. The van der Waals surface area contributed by atoms with Crippen molar-refractivity contribution in [1.29, 1.82) is 0 Å². The maximum Gasteiger partial charge on any atom is 0.573 e. The van der Waals surface area contributed by atoms with E-state index in [2.05, 4.69) is 4.74 Å². The van der Waals surface area contributed by atoms with Gasteiger partial charge in [0.05, 0.1) is 11.9 Å². The second kappa shape index (κ2) is 8.42. The summed E-state index contributed by atoms with van der Waals surface area (Å²) >= 11 is 0. The number of hydrogen-bond donors (Lipinski definition) is 1. The Morgan fingerprint density at radius 2 is 1.64 bits per heavy atom. The van der Waals surface area contributed by atoms with E-state index in [0.29, 0.717) is 0 Å². The maximum atomic E-state index is 14.9. The highest BCUT2D eigenvalue weighted by Crippen LogP contribution is 2.34. The molecule has 0 amide bonds. The number of esters is 1. The molecule has 0 unspecified atom stereocenters. The quantitative estimate of drug-likeness (QED) is 0.418. The van der Waals surface area contributed by atoms with Gasteiger partial charge in [-0.15, -0.1) is 13.2 Å². The van der Waals surface area contributed by atoms with Gasteiger partial charge in [-0.3, -0.25) is 14.2 Å². The molecule has 0 spiro atoms. The van der Waals surface area contributed by atoms with Crippen LogP contribution in [-0.4, -0.2) is 33.5 Å². The molecule has 176 valence electrons. The van der Waals surface area contributed by atoms with Crippen LogP contribution < -0.4 is 4.74 Å². The van der Waals surface area contributed by atoms with Crippen LogP contribution in [-0.2, 0) is 16.0 Å². The van der Waals surface area contributed by atoms with Gasteiger partial charge in [0.15, 0.2) is 11.6 Å². The van der Waals surface area contributed by atoms with Crippen molar-refractivity contribution in [1.82, 2.24) is 4.57 Å². The van der Waals surface area contributed by atoms with Gasteiger partial charge in [0, 0.05) is 16.6 Å². The largest absolute Gasteiger partial charge is 0.573 e. The number of phenolic OH excluding ortho intramolecular Hbond substituents is 1. The number of rotatable bonds is 4. The van der Waals surface area contributed by atoms with Crippen molar-refractivity contribution in [2.75, 3.05) is 0 Å². The van der Waals surface area contributed by atoms with E-state index < -0.39 is 41.2 Å². The van der Waals surface area contributed by atoms with Crippen LogP contribution in [0.1, 0.15) is 42.4 Å². The standard InChI is InChI=1S/C23H21F4NO5/c1-12-15(11-18(30)33-22(2,3)4)19-16(9-10-17(29)20(19)24)28(12)21(31)13-5-7-14(8-6-13)32-23(25,26)27/h5-10,29H,11H2,1-4H3. The molecule has 1 N–H and O–H groups in total. The Bertz CT molecular complexity index is 1220. The van der Waals surface area contributed by atoms with E-state index in [-0.39, 0.29) is 34.1 Å². The summed E-state index contributed by atoms with van der Waals surface area (Å²) in [6, 6.07) is 6.63. The molecule has 3 rings (SSSR count). The molecule has 0 saturated heterocycles. The van der Waals surface area contributed by atoms with Crippen LogP contribution in [0.4, 0.5) is 17.6 Å². The van der Waals surface area contributed by atoms with Crippen LogP contribution in [0.3, 0.4) is 0 Å². The first-order valence-electron chi connectivity index (χ1n) is 9.81. The SMILES string of the molecule is Cc1c(CC(=O)OC(C)(C)C)c2c(F)c(O)ccc2n1C(=O)c1ccc(OC(F)(F)F)cc1. The number of carbonyl (C=O) groups excluding carboxylic acids is 2. The molecule has 0 aliphatic heterocycles. The zero-order valence-electron chi connectivity index (χ0n) is 18.2. The number of aromatic nitrogens is 1. The minimum atomic E-state index is -4.88. The molecule has 3 aromatic rings. The normalized spacial score (nSPS) is 12.1. The van der Waals surface area contributed by atoms with Gasteiger partial charge in [-0.05, 0) is 69.7 Å². The van der Waals surface area contributed by atoms with Crippen LogP contribution in [0.25, 0.3) is 10.9 Å². The van der Waals surface area contributed by atoms with Gasteiger partial charge in [-0.25, -0.2) is 4.39 Å². The summed E-state index contributed by atoms with van der Waals surface area (Å²) in [5.74, 6) is -3.50. The Balaban J connectivity index is 2.08. The van der Waals surface area contributed by atoms with Crippen molar-refractivity contribution in [3.05, 3.63) is 59.0 Å². The molecule has 0 radical (unpaired) electrons. The predicted octanol–water partition coefficient (Wildman–Crippen LogP) is 5.27. The second-order valence-corrected chi connectivity index (χ2v) is 8.33. The first-order chi connectivity index (χ1) is 15.2. The van der Waals surface area contributed by atoms with Crippen molar-refractivity contribution in [3.8, 4) is 11.5 Å². The number of benzene rings is 2. The number of aromatic hydroxyl groups is 1. The van der Waals surface area contributed by atoms with Crippen molar-refractivity contribution < 1.29 is 41.7 Å². The van der Waals surface area contributed by atoms with E-state index in [0.717, 1.165) is 34.9 Å². The van der Waals surface area contributed by atoms with E-state index in [1.54, 1.807) is 20.8 Å².